The predicted molar refractivity (Wildman–Crippen MR) is 225 cm³/mol. The van der Waals surface area contributed by atoms with Crippen molar-refractivity contribution < 1.29 is 0 Å². The number of anilines is 3. The van der Waals surface area contributed by atoms with Crippen LogP contribution < -0.4 is 4.90 Å². The van der Waals surface area contributed by atoms with Crippen molar-refractivity contribution in [3.63, 3.8) is 0 Å². The molecule has 0 atom stereocenters. The molecule has 10 aromatic rings. The molecule has 1 heterocycles. The van der Waals surface area contributed by atoms with E-state index in [1.807, 2.05) is 11.3 Å². The summed E-state index contributed by atoms with van der Waals surface area (Å²) >= 11 is 1.86. The Morgan fingerprint density at radius 3 is 1.35 bits per heavy atom. The average molecular weight is 680 g/mol. The summed E-state index contributed by atoms with van der Waals surface area (Å²) in [5, 5.41) is 7.53. The predicted octanol–water partition coefficient (Wildman–Crippen LogP) is 14.8. The molecule has 0 N–H and O–H groups in total. The van der Waals surface area contributed by atoms with Crippen LogP contribution in [0, 0.1) is 0 Å². The summed E-state index contributed by atoms with van der Waals surface area (Å²) in [4.78, 5) is 2.39. The zero-order chi connectivity index (χ0) is 34.4. The van der Waals surface area contributed by atoms with E-state index in [1.165, 1.54) is 75.1 Å². The molecule has 1 nitrogen and oxygen atoms in total. The van der Waals surface area contributed by atoms with Gasteiger partial charge < -0.3 is 4.90 Å². The Kier molecular flexibility index (Phi) is 7.41. The Balaban J connectivity index is 1.04. The second-order valence-electron chi connectivity index (χ2n) is 13.4. The fourth-order valence-corrected chi connectivity index (χ4v) is 8.61. The molecule has 0 fully saturated rings. The van der Waals surface area contributed by atoms with Gasteiger partial charge in [-0.25, -0.2) is 0 Å². The minimum Gasteiger partial charge on any atom is -0.310 e. The van der Waals surface area contributed by atoms with Crippen LogP contribution in [0.3, 0.4) is 0 Å². The number of rotatable bonds is 6. The van der Waals surface area contributed by atoms with Gasteiger partial charge in [-0.3, -0.25) is 0 Å². The number of hydrogen-bond acceptors (Lipinski definition) is 2. The van der Waals surface area contributed by atoms with Crippen molar-refractivity contribution in [2.75, 3.05) is 4.90 Å². The first-order valence-corrected chi connectivity index (χ1v) is 18.6. The zero-order valence-corrected chi connectivity index (χ0v) is 29.2. The van der Waals surface area contributed by atoms with Crippen molar-refractivity contribution in [1.82, 2.24) is 0 Å². The SMILES string of the molecule is c1ccc(-c2ccc(N(c3ccc4cc(-c5ccc6cc(-c7ccccc7)ccc6c5)ccc4c3)c3ccc4sc5ccccc5c4c3)cc2)cc1. The van der Waals surface area contributed by atoms with Crippen LogP contribution in [0.1, 0.15) is 0 Å². The summed E-state index contributed by atoms with van der Waals surface area (Å²) in [7, 11) is 0. The first kappa shape index (κ1) is 30.4. The smallest absolute Gasteiger partial charge is 0.0468 e. The summed E-state index contributed by atoms with van der Waals surface area (Å²) < 4.78 is 2.62. The third-order valence-electron chi connectivity index (χ3n) is 10.2. The highest BCUT2D eigenvalue weighted by atomic mass is 32.1. The topological polar surface area (TPSA) is 3.24 Å². The molecular formula is C50H33NS. The summed E-state index contributed by atoms with van der Waals surface area (Å²) in [5.74, 6) is 0. The van der Waals surface area contributed by atoms with Gasteiger partial charge in [0.2, 0.25) is 0 Å². The number of fused-ring (bicyclic) bond motifs is 5. The normalized spacial score (nSPS) is 11.5. The van der Waals surface area contributed by atoms with Crippen molar-refractivity contribution >= 4 is 70.1 Å². The van der Waals surface area contributed by atoms with Gasteiger partial charge >= 0.3 is 0 Å². The molecule has 0 saturated heterocycles. The third-order valence-corrected chi connectivity index (χ3v) is 11.4. The standard InChI is InChI=1S/C50H33NS/c1-3-9-34(10-4-1)36-21-24-44(25-22-36)51(46-27-28-50-48(33-46)47-13-7-8-14-49(47)52-50)45-26-23-42-31-41(19-20-43(42)32-45)40-18-17-38-29-37(15-16-39(38)30-40)35-11-5-2-6-12-35/h1-33H. The largest absolute Gasteiger partial charge is 0.310 e. The van der Waals surface area contributed by atoms with Crippen LogP contribution in [0.15, 0.2) is 200 Å². The van der Waals surface area contributed by atoms with Gasteiger partial charge in [0.15, 0.2) is 0 Å². The third kappa shape index (κ3) is 5.51. The van der Waals surface area contributed by atoms with E-state index in [4.69, 9.17) is 0 Å². The van der Waals surface area contributed by atoms with Crippen molar-refractivity contribution in [3.05, 3.63) is 200 Å². The van der Waals surface area contributed by atoms with E-state index >= 15 is 0 Å². The summed E-state index contributed by atoms with van der Waals surface area (Å²) in [5.41, 5.74) is 10.8. The Bertz CT molecular complexity index is 2890. The van der Waals surface area contributed by atoms with Crippen LogP contribution in [-0.2, 0) is 0 Å². The summed E-state index contributed by atoms with van der Waals surface area (Å²) in [6, 6.07) is 73.0. The molecule has 0 aliphatic carbocycles. The van der Waals surface area contributed by atoms with E-state index in [0.29, 0.717) is 0 Å². The summed E-state index contributed by atoms with van der Waals surface area (Å²) in [6.07, 6.45) is 0. The molecule has 0 radical (unpaired) electrons. The highest BCUT2D eigenvalue weighted by molar-refractivity contribution is 7.25. The number of thiophene rings is 1. The van der Waals surface area contributed by atoms with E-state index in [1.54, 1.807) is 0 Å². The molecule has 0 aliphatic rings. The van der Waals surface area contributed by atoms with Gasteiger partial charge in [0.1, 0.15) is 0 Å². The van der Waals surface area contributed by atoms with E-state index in [9.17, 15) is 0 Å². The number of benzene rings is 9. The lowest BCUT2D eigenvalue weighted by molar-refractivity contribution is 1.30. The first-order chi connectivity index (χ1) is 25.7. The fourth-order valence-electron chi connectivity index (χ4n) is 7.52. The molecule has 0 aliphatic heterocycles. The molecule has 9 aromatic carbocycles. The molecule has 1 aromatic heterocycles. The van der Waals surface area contributed by atoms with Crippen LogP contribution >= 0.6 is 11.3 Å². The molecule has 0 bridgehead atoms. The zero-order valence-electron chi connectivity index (χ0n) is 28.4. The molecule has 0 spiro atoms. The fraction of sp³-hybridized carbons (Fsp3) is 0. The Morgan fingerprint density at radius 1 is 0.269 bits per heavy atom. The highest BCUT2D eigenvalue weighted by Crippen LogP contribution is 2.42. The van der Waals surface area contributed by atoms with Gasteiger partial charge in [-0.2, -0.15) is 0 Å². The number of nitrogens with zero attached hydrogens (tertiary/aromatic N) is 1. The molecule has 0 saturated carbocycles. The molecule has 0 unspecified atom stereocenters. The second kappa shape index (κ2) is 12.7. The van der Waals surface area contributed by atoms with Crippen LogP contribution in [0.25, 0.3) is 75.1 Å². The minimum atomic E-state index is 1.13. The summed E-state index contributed by atoms with van der Waals surface area (Å²) in [6.45, 7) is 0. The highest BCUT2D eigenvalue weighted by Gasteiger charge is 2.16. The lowest BCUT2D eigenvalue weighted by Crippen LogP contribution is -2.09. The van der Waals surface area contributed by atoms with E-state index in [0.717, 1.165) is 17.1 Å². The quantitative estimate of drug-likeness (QED) is 0.169. The lowest BCUT2D eigenvalue weighted by atomic mass is 9.96. The van der Waals surface area contributed by atoms with Gasteiger partial charge in [0, 0.05) is 37.2 Å². The molecular weight excluding hydrogens is 647 g/mol. The monoisotopic (exact) mass is 679 g/mol. The van der Waals surface area contributed by atoms with Gasteiger partial charge in [0.25, 0.3) is 0 Å². The second-order valence-corrected chi connectivity index (χ2v) is 14.5. The molecule has 244 valence electrons. The van der Waals surface area contributed by atoms with Crippen LogP contribution in [0.2, 0.25) is 0 Å². The van der Waals surface area contributed by atoms with Gasteiger partial charge in [-0.05, 0) is 122 Å². The van der Waals surface area contributed by atoms with Crippen molar-refractivity contribution in [1.29, 1.82) is 0 Å². The van der Waals surface area contributed by atoms with Crippen LogP contribution in [0.5, 0.6) is 0 Å². The van der Waals surface area contributed by atoms with Crippen molar-refractivity contribution in [3.8, 4) is 33.4 Å². The minimum absolute atomic E-state index is 1.13. The van der Waals surface area contributed by atoms with Gasteiger partial charge in [-0.1, -0.05) is 133 Å². The molecule has 10 rings (SSSR count). The van der Waals surface area contributed by atoms with E-state index in [2.05, 4.69) is 205 Å². The Labute approximate surface area is 307 Å². The van der Waals surface area contributed by atoms with Crippen LogP contribution in [0.4, 0.5) is 17.1 Å². The van der Waals surface area contributed by atoms with Gasteiger partial charge in [0.05, 0.1) is 0 Å². The average Bonchev–Trinajstić information content (AvgIpc) is 3.59. The maximum absolute atomic E-state index is 2.39. The van der Waals surface area contributed by atoms with Gasteiger partial charge in [-0.15, -0.1) is 11.3 Å². The Hall–Kier alpha value is -6.48. The number of hydrogen-bond donors (Lipinski definition) is 0. The van der Waals surface area contributed by atoms with Crippen LogP contribution in [-0.4, -0.2) is 0 Å². The molecule has 0 amide bonds. The Morgan fingerprint density at radius 2 is 0.692 bits per heavy atom. The molecule has 2 heteroatoms. The van der Waals surface area contributed by atoms with Crippen molar-refractivity contribution in [2.45, 2.75) is 0 Å². The van der Waals surface area contributed by atoms with E-state index in [-0.39, 0.29) is 0 Å². The maximum Gasteiger partial charge on any atom is 0.0468 e. The molecule has 52 heavy (non-hydrogen) atoms. The van der Waals surface area contributed by atoms with E-state index < -0.39 is 0 Å². The van der Waals surface area contributed by atoms with Crippen molar-refractivity contribution in [2.24, 2.45) is 0 Å². The maximum atomic E-state index is 2.39. The lowest BCUT2D eigenvalue weighted by Gasteiger charge is -2.26. The first-order valence-electron chi connectivity index (χ1n) is 17.7.